The van der Waals surface area contributed by atoms with Gasteiger partial charge < -0.3 is 5.11 Å². The highest BCUT2D eigenvalue weighted by atomic mass is 16.3. The number of nitrogens with zero attached hydrogens (tertiary/aromatic N) is 2. The minimum atomic E-state index is -0.110. The summed E-state index contributed by atoms with van der Waals surface area (Å²) in [5.74, 6) is 0.0717. The van der Waals surface area contributed by atoms with Gasteiger partial charge in [0.05, 0.1) is 11.8 Å². The minimum absolute atomic E-state index is 0.110. The Labute approximate surface area is 98.8 Å². The van der Waals surface area contributed by atoms with Crippen molar-refractivity contribution in [2.24, 2.45) is 7.05 Å². The number of hydrogen-bond donors (Lipinski definition) is 1. The molecule has 0 aliphatic rings. The fourth-order valence-corrected chi connectivity index (χ4v) is 1.45. The van der Waals surface area contributed by atoms with E-state index in [0.29, 0.717) is 5.56 Å². The van der Waals surface area contributed by atoms with Crippen molar-refractivity contribution in [2.45, 2.75) is 0 Å². The molecule has 1 N–H and O–H groups in total. The summed E-state index contributed by atoms with van der Waals surface area (Å²) in [6.45, 7) is 0. The predicted octanol–water partition coefficient (Wildman–Crippen LogP) is 2.02. The monoisotopic (exact) mass is 228 g/mol. The normalized spacial score (nSPS) is 10.9. The topological polar surface area (TPSA) is 55.1 Å². The van der Waals surface area contributed by atoms with E-state index in [4.69, 9.17) is 0 Å². The molecule has 86 valence electrons. The molecule has 0 fully saturated rings. The first-order valence-electron chi connectivity index (χ1n) is 5.15. The van der Waals surface area contributed by atoms with Crippen molar-refractivity contribution >= 4 is 11.9 Å². The van der Waals surface area contributed by atoms with Crippen molar-refractivity contribution in [2.75, 3.05) is 0 Å². The summed E-state index contributed by atoms with van der Waals surface area (Å²) in [6.07, 6.45) is 6.31. The molecule has 2 aromatic rings. The van der Waals surface area contributed by atoms with Gasteiger partial charge >= 0.3 is 0 Å². The van der Waals surface area contributed by atoms with Crippen LogP contribution in [-0.4, -0.2) is 20.7 Å². The molecule has 4 nitrogen and oxygen atoms in total. The van der Waals surface area contributed by atoms with Crippen LogP contribution in [0.25, 0.3) is 6.08 Å². The molecular weight excluding hydrogens is 216 g/mol. The van der Waals surface area contributed by atoms with E-state index in [2.05, 4.69) is 5.10 Å². The Morgan fingerprint density at radius 3 is 2.94 bits per heavy atom. The van der Waals surface area contributed by atoms with E-state index < -0.39 is 0 Å². The molecule has 1 aromatic heterocycles. The molecule has 1 heterocycles. The predicted molar refractivity (Wildman–Crippen MR) is 64.7 cm³/mol. The van der Waals surface area contributed by atoms with Crippen LogP contribution in [0, 0.1) is 0 Å². The maximum absolute atomic E-state index is 11.7. The van der Waals surface area contributed by atoms with Crippen LogP contribution >= 0.6 is 0 Å². The Bertz CT molecular complexity index is 570. The highest BCUT2D eigenvalue weighted by Crippen LogP contribution is 2.12. The lowest BCUT2D eigenvalue weighted by atomic mass is 10.1. The van der Waals surface area contributed by atoms with E-state index in [1.54, 1.807) is 42.2 Å². The molecule has 0 aliphatic heterocycles. The molecule has 0 spiro atoms. The van der Waals surface area contributed by atoms with Crippen molar-refractivity contribution in [1.29, 1.82) is 0 Å². The number of hydrogen-bond acceptors (Lipinski definition) is 3. The summed E-state index contributed by atoms with van der Waals surface area (Å²) < 4.78 is 1.58. The highest BCUT2D eigenvalue weighted by molar-refractivity contribution is 6.06. The molecular formula is C13H12N2O2. The van der Waals surface area contributed by atoms with Gasteiger partial charge in [-0.05, 0) is 23.8 Å². The summed E-state index contributed by atoms with van der Waals surface area (Å²) in [4.78, 5) is 11.7. The lowest BCUT2D eigenvalue weighted by molar-refractivity contribution is 0.104. The maximum Gasteiger partial charge on any atom is 0.189 e. The number of carbonyl (C=O) groups excluding carboxylic acids is 1. The Kier molecular flexibility index (Phi) is 3.05. The van der Waals surface area contributed by atoms with Gasteiger partial charge in [-0.1, -0.05) is 18.2 Å². The number of aryl methyl sites for hydroxylation is 1. The van der Waals surface area contributed by atoms with Gasteiger partial charge in [-0.3, -0.25) is 9.48 Å². The summed E-state index contributed by atoms with van der Waals surface area (Å²) in [5.41, 5.74) is 1.33. The largest absolute Gasteiger partial charge is 0.508 e. The van der Waals surface area contributed by atoms with E-state index in [1.165, 1.54) is 12.3 Å². The first kappa shape index (κ1) is 11.1. The quantitative estimate of drug-likeness (QED) is 0.646. The van der Waals surface area contributed by atoms with Gasteiger partial charge in [0, 0.05) is 13.2 Å². The number of benzene rings is 1. The molecule has 0 radical (unpaired) electrons. The van der Waals surface area contributed by atoms with E-state index >= 15 is 0 Å². The molecule has 17 heavy (non-hydrogen) atoms. The molecule has 2 rings (SSSR count). The zero-order valence-electron chi connectivity index (χ0n) is 9.37. The van der Waals surface area contributed by atoms with Gasteiger partial charge in [0.15, 0.2) is 5.78 Å². The van der Waals surface area contributed by atoms with Gasteiger partial charge in [-0.15, -0.1) is 0 Å². The third-order valence-corrected chi connectivity index (χ3v) is 2.29. The number of phenolic OH excluding ortho intramolecular Hbond substituents is 1. The van der Waals surface area contributed by atoms with Gasteiger partial charge in [-0.25, -0.2) is 0 Å². The third kappa shape index (κ3) is 2.81. The van der Waals surface area contributed by atoms with Crippen LogP contribution < -0.4 is 0 Å². The number of allylic oxidation sites excluding steroid dienone is 1. The average Bonchev–Trinajstić information content (AvgIpc) is 2.73. The molecule has 0 saturated heterocycles. The molecule has 1 aromatic carbocycles. The second-order valence-corrected chi connectivity index (χ2v) is 3.70. The molecule has 0 amide bonds. The molecule has 0 atom stereocenters. The Morgan fingerprint density at radius 2 is 2.29 bits per heavy atom. The standard InChI is InChI=1S/C13H12N2O2/c1-15-9-11(8-14-15)13(17)6-5-10-3-2-4-12(16)7-10/h2-9,16H,1H3/b6-5+. The van der Waals surface area contributed by atoms with Crippen LogP contribution in [0.2, 0.25) is 0 Å². The smallest absolute Gasteiger partial charge is 0.189 e. The average molecular weight is 228 g/mol. The first-order valence-corrected chi connectivity index (χ1v) is 5.15. The summed E-state index contributed by atoms with van der Waals surface area (Å²) in [7, 11) is 1.76. The van der Waals surface area contributed by atoms with E-state index in [-0.39, 0.29) is 11.5 Å². The number of ketones is 1. The highest BCUT2D eigenvalue weighted by Gasteiger charge is 2.03. The van der Waals surface area contributed by atoms with Crippen LogP contribution in [0.5, 0.6) is 5.75 Å². The number of aromatic hydroxyl groups is 1. The molecule has 0 saturated carbocycles. The summed E-state index contributed by atoms with van der Waals surface area (Å²) >= 11 is 0. The fraction of sp³-hybridized carbons (Fsp3) is 0.0769. The van der Waals surface area contributed by atoms with Crippen LogP contribution in [0.4, 0.5) is 0 Å². The zero-order chi connectivity index (χ0) is 12.3. The van der Waals surface area contributed by atoms with Crippen LogP contribution in [0.1, 0.15) is 15.9 Å². The van der Waals surface area contributed by atoms with E-state index in [0.717, 1.165) is 5.56 Å². The number of aromatic nitrogens is 2. The van der Waals surface area contributed by atoms with Gasteiger partial charge in [0.2, 0.25) is 0 Å². The van der Waals surface area contributed by atoms with Crippen molar-refractivity contribution in [3.8, 4) is 5.75 Å². The van der Waals surface area contributed by atoms with Crippen LogP contribution in [-0.2, 0) is 7.05 Å². The number of phenols is 1. The molecule has 4 heteroatoms. The third-order valence-electron chi connectivity index (χ3n) is 2.29. The summed E-state index contributed by atoms with van der Waals surface area (Å²) in [5, 5.41) is 13.2. The van der Waals surface area contributed by atoms with Gasteiger partial charge in [0.1, 0.15) is 5.75 Å². The molecule has 0 aliphatic carbocycles. The number of carbonyl (C=O) groups is 1. The second-order valence-electron chi connectivity index (χ2n) is 3.70. The maximum atomic E-state index is 11.7. The Balaban J connectivity index is 2.13. The van der Waals surface area contributed by atoms with Crippen LogP contribution in [0.15, 0.2) is 42.7 Å². The lowest BCUT2D eigenvalue weighted by Gasteiger charge is -1.94. The lowest BCUT2D eigenvalue weighted by Crippen LogP contribution is -1.91. The fourth-order valence-electron chi connectivity index (χ4n) is 1.45. The first-order chi connectivity index (χ1) is 8.15. The van der Waals surface area contributed by atoms with Crippen molar-refractivity contribution < 1.29 is 9.90 Å². The van der Waals surface area contributed by atoms with Crippen molar-refractivity contribution in [3.63, 3.8) is 0 Å². The molecule has 0 unspecified atom stereocenters. The van der Waals surface area contributed by atoms with Gasteiger partial charge in [-0.2, -0.15) is 5.10 Å². The zero-order valence-corrected chi connectivity index (χ0v) is 9.37. The minimum Gasteiger partial charge on any atom is -0.508 e. The van der Waals surface area contributed by atoms with Crippen molar-refractivity contribution in [1.82, 2.24) is 9.78 Å². The Morgan fingerprint density at radius 1 is 1.47 bits per heavy atom. The molecule has 0 bridgehead atoms. The van der Waals surface area contributed by atoms with Crippen molar-refractivity contribution in [3.05, 3.63) is 53.9 Å². The van der Waals surface area contributed by atoms with Gasteiger partial charge in [0.25, 0.3) is 0 Å². The Hall–Kier alpha value is -2.36. The second kappa shape index (κ2) is 4.65. The summed E-state index contributed by atoms with van der Waals surface area (Å²) in [6, 6.07) is 6.71. The van der Waals surface area contributed by atoms with E-state index in [9.17, 15) is 9.90 Å². The van der Waals surface area contributed by atoms with E-state index in [1.807, 2.05) is 6.07 Å². The van der Waals surface area contributed by atoms with Crippen LogP contribution in [0.3, 0.4) is 0 Å². The SMILES string of the molecule is Cn1cc(C(=O)/C=C/c2cccc(O)c2)cn1. The number of rotatable bonds is 3.